The molecule has 1 aliphatic heterocycles. The van der Waals surface area contributed by atoms with E-state index in [1.807, 2.05) is 0 Å². The number of carbonyl (C=O) groups is 2. The molecule has 2 rings (SSSR count). The van der Waals surface area contributed by atoms with Crippen molar-refractivity contribution in [1.82, 2.24) is 4.90 Å². The lowest BCUT2D eigenvalue weighted by Crippen LogP contribution is -2.47. The number of aliphatic hydroxyl groups excluding tert-OH is 1. The molecule has 1 aromatic carbocycles. The summed E-state index contributed by atoms with van der Waals surface area (Å²) in [6.45, 7) is 0.457. The van der Waals surface area contributed by atoms with Gasteiger partial charge in [-0.05, 0) is 12.8 Å². The minimum atomic E-state index is -1.34. The second-order valence-electron chi connectivity index (χ2n) is 4.15. The SMILES string of the molecule is O=C(c1ccccc1)C(O)N1CCCCC1=O. The van der Waals surface area contributed by atoms with E-state index in [4.69, 9.17) is 0 Å². The standard InChI is InChI=1S/C13H15NO3/c15-11-8-4-5-9-14(11)13(17)12(16)10-6-2-1-3-7-10/h1-3,6-7,13,17H,4-5,8-9H2. The van der Waals surface area contributed by atoms with Crippen LogP contribution in [0.3, 0.4) is 0 Å². The highest BCUT2D eigenvalue weighted by Gasteiger charge is 2.29. The zero-order valence-corrected chi connectivity index (χ0v) is 9.50. The van der Waals surface area contributed by atoms with Gasteiger partial charge in [-0.2, -0.15) is 0 Å². The van der Waals surface area contributed by atoms with Gasteiger partial charge in [-0.1, -0.05) is 30.3 Å². The maximum Gasteiger partial charge on any atom is 0.224 e. The third-order valence-electron chi connectivity index (χ3n) is 2.95. The Morgan fingerprint density at radius 2 is 1.94 bits per heavy atom. The minimum Gasteiger partial charge on any atom is -0.367 e. The van der Waals surface area contributed by atoms with Gasteiger partial charge in [0.1, 0.15) is 0 Å². The van der Waals surface area contributed by atoms with Gasteiger partial charge >= 0.3 is 0 Å². The van der Waals surface area contributed by atoms with Crippen molar-refractivity contribution in [2.75, 3.05) is 6.54 Å². The molecule has 1 aliphatic rings. The van der Waals surface area contributed by atoms with Gasteiger partial charge in [0.05, 0.1) is 0 Å². The summed E-state index contributed by atoms with van der Waals surface area (Å²) in [6, 6.07) is 8.55. The van der Waals surface area contributed by atoms with Crippen molar-refractivity contribution in [2.24, 2.45) is 0 Å². The molecular weight excluding hydrogens is 218 g/mol. The fraction of sp³-hybridized carbons (Fsp3) is 0.385. The Morgan fingerprint density at radius 1 is 1.24 bits per heavy atom. The molecule has 4 nitrogen and oxygen atoms in total. The Bertz CT molecular complexity index is 416. The molecule has 1 atom stereocenters. The molecule has 1 unspecified atom stereocenters. The van der Waals surface area contributed by atoms with E-state index in [9.17, 15) is 14.7 Å². The van der Waals surface area contributed by atoms with Gasteiger partial charge < -0.3 is 10.0 Å². The molecule has 1 fully saturated rings. The second kappa shape index (κ2) is 5.10. The Balaban J connectivity index is 2.12. The number of hydrogen-bond donors (Lipinski definition) is 1. The Kier molecular flexibility index (Phi) is 3.54. The van der Waals surface area contributed by atoms with Crippen molar-refractivity contribution in [3.8, 4) is 0 Å². The molecule has 90 valence electrons. The topological polar surface area (TPSA) is 57.6 Å². The average molecular weight is 233 g/mol. The van der Waals surface area contributed by atoms with Crippen molar-refractivity contribution in [1.29, 1.82) is 0 Å². The van der Waals surface area contributed by atoms with Crippen LogP contribution in [0.1, 0.15) is 29.6 Å². The highest BCUT2D eigenvalue weighted by molar-refractivity contribution is 6.00. The minimum absolute atomic E-state index is 0.145. The molecule has 4 heteroatoms. The Hall–Kier alpha value is -1.68. The number of likely N-dealkylation sites (tertiary alicyclic amines) is 1. The smallest absolute Gasteiger partial charge is 0.224 e. The molecule has 1 aromatic rings. The summed E-state index contributed by atoms with van der Waals surface area (Å²) in [5, 5.41) is 9.92. The first-order chi connectivity index (χ1) is 8.20. The van der Waals surface area contributed by atoms with E-state index in [-0.39, 0.29) is 5.91 Å². The lowest BCUT2D eigenvalue weighted by molar-refractivity contribution is -0.141. The molecule has 0 aromatic heterocycles. The number of amides is 1. The van der Waals surface area contributed by atoms with Gasteiger partial charge in [0.2, 0.25) is 11.7 Å². The van der Waals surface area contributed by atoms with E-state index in [0.29, 0.717) is 18.5 Å². The van der Waals surface area contributed by atoms with E-state index in [1.54, 1.807) is 30.3 Å². The summed E-state index contributed by atoms with van der Waals surface area (Å²) >= 11 is 0. The van der Waals surface area contributed by atoms with Crippen LogP contribution in [0.25, 0.3) is 0 Å². The Labute approximate surface area is 99.9 Å². The fourth-order valence-corrected chi connectivity index (χ4v) is 1.98. The number of hydrogen-bond acceptors (Lipinski definition) is 3. The van der Waals surface area contributed by atoms with Gasteiger partial charge in [0.25, 0.3) is 0 Å². The summed E-state index contributed by atoms with van der Waals surface area (Å²) in [5.41, 5.74) is 0.429. The quantitative estimate of drug-likeness (QED) is 0.798. The molecule has 1 heterocycles. The zero-order chi connectivity index (χ0) is 12.3. The molecule has 0 saturated carbocycles. The van der Waals surface area contributed by atoms with E-state index in [0.717, 1.165) is 12.8 Å². The molecule has 1 amide bonds. The van der Waals surface area contributed by atoms with E-state index >= 15 is 0 Å². The maximum atomic E-state index is 11.9. The predicted molar refractivity (Wildman–Crippen MR) is 62.3 cm³/mol. The van der Waals surface area contributed by atoms with Gasteiger partial charge in [-0.25, -0.2) is 0 Å². The van der Waals surface area contributed by atoms with Crippen LogP contribution in [0, 0.1) is 0 Å². The van der Waals surface area contributed by atoms with Crippen LogP contribution in [0.4, 0.5) is 0 Å². The largest absolute Gasteiger partial charge is 0.367 e. The number of benzene rings is 1. The number of carbonyl (C=O) groups excluding carboxylic acids is 2. The van der Waals surface area contributed by atoms with Crippen LogP contribution in [0.2, 0.25) is 0 Å². The lowest BCUT2D eigenvalue weighted by atomic mass is 10.1. The summed E-state index contributed by atoms with van der Waals surface area (Å²) in [5.74, 6) is -0.561. The van der Waals surface area contributed by atoms with Crippen LogP contribution >= 0.6 is 0 Å². The molecule has 0 bridgehead atoms. The monoisotopic (exact) mass is 233 g/mol. The number of Topliss-reactive ketones (excluding diaryl/α,β-unsaturated/α-hetero) is 1. The van der Waals surface area contributed by atoms with Gasteiger partial charge in [0.15, 0.2) is 6.23 Å². The van der Waals surface area contributed by atoms with E-state index in [1.165, 1.54) is 4.90 Å². The average Bonchev–Trinajstić information content (AvgIpc) is 2.39. The van der Waals surface area contributed by atoms with Gasteiger partial charge in [-0.15, -0.1) is 0 Å². The van der Waals surface area contributed by atoms with Crippen molar-refractivity contribution in [3.63, 3.8) is 0 Å². The van der Waals surface area contributed by atoms with Crippen LogP contribution < -0.4 is 0 Å². The number of ketones is 1. The molecule has 0 spiro atoms. The number of rotatable bonds is 3. The molecule has 1 saturated heterocycles. The van der Waals surface area contributed by atoms with Crippen LogP contribution in [0.15, 0.2) is 30.3 Å². The molecule has 0 aliphatic carbocycles. The van der Waals surface area contributed by atoms with E-state index < -0.39 is 12.0 Å². The number of piperidine rings is 1. The van der Waals surface area contributed by atoms with Crippen LogP contribution in [-0.4, -0.2) is 34.5 Å². The summed E-state index contributed by atoms with van der Waals surface area (Å²) in [7, 11) is 0. The van der Waals surface area contributed by atoms with Crippen LogP contribution in [0.5, 0.6) is 0 Å². The first kappa shape index (κ1) is 11.8. The second-order valence-corrected chi connectivity index (χ2v) is 4.15. The van der Waals surface area contributed by atoms with Gasteiger partial charge in [0, 0.05) is 18.5 Å². The summed E-state index contributed by atoms with van der Waals surface area (Å²) < 4.78 is 0. The summed E-state index contributed by atoms with van der Waals surface area (Å²) in [6.07, 6.45) is 0.746. The first-order valence-electron chi connectivity index (χ1n) is 5.77. The summed E-state index contributed by atoms with van der Waals surface area (Å²) in [4.78, 5) is 24.8. The number of aliphatic hydroxyl groups is 1. The first-order valence-corrected chi connectivity index (χ1v) is 5.77. The molecule has 17 heavy (non-hydrogen) atoms. The third-order valence-corrected chi connectivity index (χ3v) is 2.95. The molecular formula is C13H15NO3. The Morgan fingerprint density at radius 3 is 2.59 bits per heavy atom. The van der Waals surface area contributed by atoms with Crippen molar-refractivity contribution in [3.05, 3.63) is 35.9 Å². The van der Waals surface area contributed by atoms with Gasteiger partial charge in [-0.3, -0.25) is 9.59 Å². The van der Waals surface area contributed by atoms with Crippen LogP contribution in [-0.2, 0) is 4.79 Å². The third kappa shape index (κ3) is 2.53. The predicted octanol–water partition coefficient (Wildman–Crippen LogP) is 1.20. The normalized spacial score (nSPS) is 17.9. The van der Waals surface area contributed by atoms with Crippen molar-refractivity contribution >= 4 is 11.7 Å². The molecule has 1 N–H and O–H groups in total. The van der Waals surface area contributed by atoms with Crippen molar-refractivity contribution < 1.29 is 14.7 Å². The lowest BCUT2D eigenvalue weighted by Gasteiger charge is -2.30. The van der Waals surface area contributed by atoms with Crippen molar-refractivity contribution in [2.45, 2.75) is 25.5 Å². The number of nitrogens with zero attached hydrogens (tertiary/aromatic N) is 1. The highest BCUT2D eigenvalue weighted by atomic mass is 16.3. The zero-order valence-electron chi connectivity index (χ0n) is 9.50. The molecule has 0 radical (unpaired) electrons. The fourth-order valence-electron chi connectivity index (χ4n) is 1.98. The van der Waals surface area contributed by atoms with E-state index in [2.05, 4.69) is 0 Å². The maximum absolute atomic E-state index is 11.9. The highest BCUT2D eigenvalue weighted by Crippen LogP contribution is 2.15.